The Bertz CT molecular complexity index is 813. The minimum Gasteiger partial charge on any atom is -0.397 e. The number of anilines is 2. The van der Waals surface area contributed by atoms with Gasteiger partial charge in [0.2, 0.25) is 5.91 Å². The molecule has 0 saturated heterocycles. The molecule has 2 aromatic rings. The molecule has 0 bridgehead atoms. The van der Waals surface area contributed by atoms with E-state index >= 15 is 0 Å². The number of aromatic nitrogens is 2. The normalized spacial score (nSPS) is 10.4. The van der Waals surface area contributed by atoms with E-state index < -0.39 is 17.2 Å². The van der Waals surface area contributed by atoms with Crippen molar-refractivity contribution < 1.29 is 4.79 Å². The number of carbonyl (C=O) groups is 1. The van der Waals surface area contributed by atoms with Gasteiger partial charge in [0, 0.05) is 11.9 Å². The third-order valence-corrected chi connectivity index (χ3v) is 3.17. The second kappa shape index (κ2) is 6.02. The minimum atomic E-state index is -0.727. The van der Waals surface area contributed by atoms with Gasteiger partial charge in [-0.05, 0) is 18.2 Å². The Kier molecular flexibility index (Phi) is 4.35. The molecule has 7 nitrogen and oxygen atoms in total. The fraction of sp³-hybridized carbons (Fsp3) is 0.0833. The van der Waals surface area contributed by atoms with Crippen molar-refractivity contribution in [1.29, 1.82) is 0 Å². The second-order valence-electron chi connectivity index (χ2n) is 4.15. The van der Waals surface area contributed by atoms with Gasteiger partial charge in [-0.25, -0.2) is 4.79 Å². The molecule has 0 spiro atoms. The highest BCUT2D eigenvalue weighted by Gasteiger charge is 2.08. The maximum Gasteiger partial charge on any atom is 0.328 e. The number of nitrogens with one attached hydrogen (secondary N) is 2. The number of halogens is 2. The van der Waals surface area contributed by atoms with Crippen LogP contribution in [0.4, 0.5) is 11.4 Å². The van der Waals surface area contributed by atoms with Gasteiger partial charge in [0.05, 0.1) is 10.7 Å². The van der Waals surface area contributed by atoms with Crippen LogP contribution < -0.4 is 22.3 Å². The number of nitrogens with zero attached hydrogens (tertiary/aromatic N) is 1. The van der Waals surface area contributed by atoms with Crippen LogP contribution in [0.25, 0.3) is 0 Å². The SMILES string of the molecule is Nc1cc(NC(=O)Cn2cc(Cl)c(=O)[nH]c2=O)ccc1Cl. The van der Waals surface area contributed by atoms with E-state index in [4.69, 9.17) is 28.9 Å². The number of nitrogen functional groups attached to an aromatic ring is 1. The zero-order valence-corrected chi connectivity index (χ0v) is 12.0. The summed E-state index contributed by atoms with van der Waals surface area (Å²) >= 11 is 11.4. The fourth-order valence-corrected chi connectivity index (χ4v) is 1.86. The number of hydrogen-bond donors (Lipinski definition) is 3. The summed E-state index contributed by atoms with van der Waals surface area (Å²) in [6, 6.07) is 4.59. The molecule has 110 valence electrons. The lowest BCUT2D eigenvalue weighted by Gasteiger charge is -2.08. The lowest BCUT2D eigenvalue weighted by Crippen LogP contribution is -2.33. The lowest BCUT2D eigenvalue weighted by atomic mass is 10.3. The average molecular weight is 329 g/mol. The van der Waals surface area contributed by atoms with Crippen molar-refractivity contribution in [2.75, 3.05) is 11.1 Å². The van der Waals surface area contributed by atoms with Crippen LogP contribution in [0.15, 0.2) is 34.0 Å². The van der Waals surface area contributed by atoms with E-state index in [0.29, 0.717) is 16.4 Å². The highest BCUT2D eigenvalue weighted by atomic mass is 35.5. The summed E-state index contributed by atoms with van der Waals surface area (Å²) in [7, 11) is 0. The van der Waals surface area contributed by atoms with Crippen molar-refractivity contribution in [2.24, 2.45) is 0 Å². The predicted octanol–water partition coefficient (Wildman–Crippen LogP) is 1.06. The first-order valence-corrected chi connectivity index (χ1v) is 6.46. The molecule has 0 aliphatic heterocycles. The molecule has 4 N–H and O–H groups in total. The van der Waals surface area contributed by atoms with Gasteiger partial charge in [0.25, 0.3) is 5.56 Å². The maximum absolute atomic E-state index is 11.8. The Morgan fingerprint density at radius 3 is 2.67 bits per heavy atom. The van der Waals surface area contributed by atoms with Crippen LogP contribution in [0, 0.1) is 0 Å². The van der Waals surface area contributed by atoms with Crippen molar-refractivity contribution in [3.63, 3.8) is 0 Å². The maximum atomic E-state index is 11.8. The van der Waals surface area contributed by atoms with Gasteiger partial charge in [-0.2, -0.15) is 0 Å². The zero-order chi connectivity index (χ0) is 15.6. The summed E-state index contributed by atoms with van der Waals surface area (Å²) in [5.74, 6) is -0.484. The van der Waals surface area contributed by atoms with Gasteiger partial charge in [-0.3, -0.25) is 19.1 Å². The molecule has 1 aromatic heterocycles. The van der Waals surface area contributed by atoms with Gasteiger partial charge in [0.1, 0.15) is 11.6 Å². The molecule has 2 rings (SSSR count). The Hall–Kier alpha value is -2.25. The molecular weight excluding hydrogens is 319 g/mol. The van der Waals surface area contributed by atoms with Gasteiger partial charge < -0.3 is 11.1 Å². The van der Waals surface area contributed by atoms with E-state index in [9.17, 15) is 14.4 Å². The molecule has 0 saturated carbocycles. The first-order valence-electron chi connectivity index (χ1n) is 5.71. The van der Waals surface area contributed by atoms with Gasteiger partial charge in [-0.15, -0.1) is 0 Å². The van der Waals surface area contributed by atoms with Crippen molar-refractivity contribution in [3.8, 4) is 0 Å². The molecule has 1 amide bonds. The molecule has 0 unspecified atom stereocenters. The topological polar surface area (TPSA) is 110 Å². The van der Waals surface area contributed by atoms with Crippen LogP contribution in [0.3, 0.4) is 0 Å². The van der Waals surface area contributed by atoms with Crippen LogP contribution >= 0.6 is 23.2 Å². The highest BCUT2D eigenvalue weighted by molar-refractivity contribution is 6.33. The summed E-state index contributed by atoms with van der Waals surface area (Å²) in [5.41, 5.74) is 4.94. The number of aromatic amines is 1. The molecule has 0 atom stereocenters. The Morgan fingerprint density at radius 1 is 1.29 bits per heavy atom. The summed E-state index contributed by atoms with van der Waals surface area (Å²) < 4.78 is 0.984. The molecule has 0 aliphatic rings. The van der Waals surface area contributed by atoms with E-state index in [2.05, 4.69) is 5.32 Å². The molecule has 9 heteroatoms. The van der Waals surface area contributed by atoms with Crippen molar-refractivity contribution >= 4 is 40.5 Å². The van der Waals surface area contributed by atoms with E-state index in [1.54, 1.807) is 6.07 Å². The van der Waals surface area contributed by atoms with Crippen LogP contribution in [0.2, 0.25) is 10.0 Å². The monoisotopic (exact) mass is 328 g/mol. The molecule has 1 aromatic carbocycles. The minimum absolute atomic E-state index is 0.182. The summed E-state index contributed by atoms with van der Waals surface area (Å²) in [4.78, 5) is 36.5. The summed E-state index contributed by atoms with van der Waals surface area (Å²) in [6.07, 6.45) is 1.10. The summed E-state index contributed by atoms with van der Waals surface area (Å²) in [6.45, 7) is -0.308. The highest BCUT2D eigenvalue weighted by Crippen LogP contribution is 2.22. The first-order chi connectivity index (χ1) is 9.86. The van der Waals surface area contributed by atoms with Gasteiger partial charge >= 0.3 is 5.69 Å². The van der Waals surface area contributed by atoms with Crippen LogP contribution in [0.5, 0.6) is 0 Å². The molecule has 0 aliphatic carbocycles. The number of benzene rings is 1. The zero-order valence-electron chi connectivity index (χ0n) is 10.5. The van der Waals surface area contributed by atoms with Gasteiger partial charge in [0.15, 0.2) is 0 Å². The second-order valence-corrected chi connectivity index (χ2v) is 4.96. The van der Waals surface area contributed by atoms with Gasteiger partial charge in [-0.1, -0.05) is 23.2 Å². The third kappa shape index (κ3) is 3.65. The number of hydrogen-bond acceptors (Lipinski definition) is 4. The fourth-order valence-electron chi connectivity index (χ4n) is 1.58. The first kappa shape index (κ1) is 15.1. The average Bonchev–Trinajstić information content (AvgIpc) is 2.40. The smallest absolute Gasteiger partial charge is 0.328 e. The van der Waals surface area contributed by atoms with Crippen LogP contribution in [-0.4, -0.2) is 15.5 Å². The largest absolute Gasteiger partial charge is 0.397 e. The molecule has 0 fully saturated rings. The lowest BCUT2D eigenvalue weighted by molar-refractivity contribution is -0.116. The van der Waals surface area contributed by atoms with E-state index in [1.807, 2.05) is 4.98 Å². The Morgan fingerprint density at radius 2 is 2.00 bits per heavy atom. The van der Waals surface area contributed by atoms with Crippen molar-refractivity contribution in [3.05, 3.63) is 55.3 Å². The Labute approximate surface area is 128 Å². The number of amides is 1. The number of H-pyrrole nitrogens is 1. The molecule has 1 heterocycles. The Balaban J connectivity index is 2.15. The van der Waals surface area contributed by atoms with Crippen molar-refractivity contribution in [1.82, 2.24) is 9.55 Å². The summed E-state index contributed by atoms with van der Waals surface area (Å²) in [5, 5.41) is 2.74. The number of carbonyl (C=O) groups excluding carboxylic acids is 1. The third-order valence-electron chi connectivity index (χ3n) is 2.56. The van der Waals surface area contributed by atoms with Crippen LogP contribution in [0.1, 0.15) is 0 Å². The molecular formula is C12H10Cl2N4O3. The van der Waals surface area contributed by atoms with E-state index in [-0.39, 0.29) is 11.6 Å². The molecule has 0 radical (unpaired) electrons. The molecule has 21 heavy (non-hydrogen) atoms. The number of rotatable bonds is 3. The van der Waals surface area contributed by atoms with E-state index in [0.717, 1.165) is 10.8 Å². The standard InChI is InChI=1S/C12H10Cl2N4O3/c13-7-2-1-6(3-9(7)15)16-10(19)5-18-4-8(14)11(20)17-12(18)21/h1-4H,5,15H2,(H,16,19)(H,17,20,21). The predicted molar refractivity (Wildman–Crippen MR) is 80.8 cm³/mol. The van der Waals surface area contributed by atoms with Crippen LogP contribution in [-0.2, 0) is 11.3 Å². The van der Waals surface area contributed by atoms with E-state index in [1.165, 1.54) is 12.1 Å². The number of nitrogens with two attached hydrogens (primary N) is 1. The van der Waals surface area contributed by atoms with Crippen molar-refractivity contribution in [2.45, 2.75) is 6.54 Å². The quantitative estimate of drug-likeness (QED) is 0.732.